The molecule has 2 aromatic heterocycles. The monoisotopic (exact) mass is 308 g/mol. The van der Waals surface area contributed by atoms with Gasteiger partial charge in [-0.1, -0.05) is 29.4 Å². The van der Waals surface area contributed by atoms with Gasteiger partial charge in [-0.15, -0.1) is 0 Å². The van der Waals surface area contributed by atoms with E-state index in [4.69, 9.17) is 9.26 Å². The minimum absolute atomic E-state index is 0.148. The standard InChI is InChI=1S/C18H16N2O3/c1-12-16(13(2)23-20-12)11-22-18(21)10-9-15-8-7-14-5-3-4-6-17(14)19-15/h3-10H,11H2,1-2H3. The summed E-state index contributed by atoms with van der Waals surface area (Å²) in [5.74, 6) is 0.232. The Morgan fingerprint density at radius 2 is 2.04 bits per heavy atom. The van der Waals surface area contributed by atoms with Gasteiger partial charge in [0.2, 0.25) is 0 Å². The Hall–Kier alpha value is -2.95. The van der Waals surface area contributed by atoms with Crippen LogP contribution in [-0.2, 0) is 16.1 Å². The molecule has 5 nitrogen and oxygen atoms in total. The first kappa shape index (κ1) is 15.0. The Morgan fingerprint density at radius 1 is 1.22 bits per heavy atom. The number of esters is 1. The zero-order chi connectivity index (χ0) is 16.2. The Balaban J connectivity index is 1.65. The third-order valence-corrected chi connectivity index (χ3v) is 3.55. The predicted octanol–water partition coefficient (Wildman–Crippen LogP) is 3.60. The van der Waals surface area contributed by atoms with Crippen molar-refractivity contribution in [3.05, 3.63) is 65.2 Å². The largest absolute Gasteiger partial charge is 0.457 e. The van der Waals surface area contributed by atoms with Crippen LogP contribution in [0, 0.1) is 13.8 Å². The van der Waals surface area contributed by atoms with E-state index in [2.05, 4.69) is 10.1 Å². The number of para-hydroxylation sites is 1. The van der Waals surface area contributed by atoms with Crippen LogP contribution >= 0.6 is 0 Å². The number of pyridine rings is 1. The van der Waals surface area contributed by atoms with Crippen LogP contribution in [0.15, 0.2) is 47.0 Å². The summed E-state index contributed by atoms with van der Waals surface area (Å²) in [6, 6.07) is 11.7. The molecule has 0 spiro atoms. The van der Waals surface area contributed by atoms with Gasteiger partial charge in [-0.2, -0.15) is 0 Å². The van der Waals surface area contributed by atoms with Crippen molar-refractivity contribution in [3.8, 4) is 0 Å². The molecule has 0 saturated heterocycles. The fourth-order valence-corrected chi connectivity index (χ4v) is 2.23. The fraction of sp³-hybridized carbons (Fsp3) is 0.167. The molecule has 23 heavy (non-hydrogen) atoms. The molecule has 0 atom stereocenters. The van der Waals surface area contributed by atoms with E-state index >= 15 is 0 Å². The second kappa shape index (κ2) is 6.44. The number of nitrogens with zero attached hydrogens (tertiary/aromatic N) is 2. The Kier molecular flexibility index (Phi) is 4.19. The minimum Gasteiger partial charge on any atom is -0.457 e. The number of carbonyl (C=O) groups is 1. The molecular weight excluding hydrogens is 292 g/mol. The maximum Gasteiger partial charge on any atom is 0.331 e. The summed E-state index contributed by atoms with van der Waals surface area (Å²) >= 11 is 0. The maximum atomic E-state index is 11.8. The molecule has 0 aliphatic rings. The summed E-state index contributed by atoms with van der Waals surface area (Å²) in [6.45, 7) is 3.75. The number of hydrogen-bond donors (Lipinski definition) is 0. The van der Waals surface area contributed by atoms with Crippen LogP contribution in [0.4, 0.5) is 0 Å². The van der Waals surface area contributed by atoms with E-state index in [9.17, 15) is 4.79 Å². The Bertz CT molecular complexity index is 861. The fourth-order valence-electron chi connectivity index (χ4n) is 2.23. The van der Waals surface area contributed by atoms with Gasteiger partial charge in [-0.3, -0.25) is 0 Å². The van der Waals surface area contributed by atoms with Crippen LogP contribution in [0.1, 0.15) is 22.7 Å². The first-order chi connectivity index (χ1) is 11.1. The number of hydrogen-bond acceptors (Lipinski definition) is 5. The van der Waals surface area contributed by atoms with Crippen molar-refractivity contribution < 1.29 is 14.1 Å². The lowest BCUT2D eigenvalue weighted by Gasteiger charge is -2.01. The van der Waals surface area contributed by atoms with E-state index in [1.165, 1.54) is 6.08 Å². The number of benzene rings is 1. The number of fused-ring (bicyclic) bond motifs is 1. The number of rotatable bonds is 4. The topological polar surface area (TPSA) is 65.2 Å². The highest BCUT2D eigenvalue weighted by Gasteiger charge is 2.10. The summed E-state index contributed by atoms with van der Waals surface area (Å²) < 4.78 is 10.2. The van der Waals surface area contributed by atoms with Gasteiger partial charge < -0.3 is 9.26 Å². The van der Waals surface area contributed by atoms with Crippen molar-refractivity contribution in [3.63, 3.8) is 0 Å². The molecule has 0 aliphatic carbocycles. The zero-order valence-corrected chi connectivity index (χ0v) is 12.9. The first-order valence-electron chi connectivity index (χ1n) is 7.26. The average Bonchev–Trinajstić information content (AvgIpc) is 2.89. The summed E-state index contributed by atoms with van der Waals surface area (Å²) in [5.41, 5.74) is 3.13. The number of aromatic nitrogens is 2. The highest BCUT2D eigenvalue weighted by Crippen LogP contribution is 2.14. The molecule has 0 amide bonds. The molecule has 2 heterocycles. The molecular formula is C18H16N2O3. The van der Waals surface area contributed by atoms with Gasteiger partial charge in [-0.25, -0.2) is 9.78 Å². The molecule has 0 radical (unpaired) electrons. The highest BCUT2D eigenvalue weighted by molar-refractivity contribution is 5.87. The van der Waals surface area contributed by atoms with Crippen LogP contribution in [0.5, 0.6) is 0 Å². The van der Waals surface area contributed by atoms with Gasteiger partial charge in [0.1, 0.15) is 12.4 Å². The third kappa shape index (κ3) is 3.45. The molecule has 0 N–H and O–H groups in total. The van der Waals surface area contributed by atoms with Crippen molar-refractivity contribution in [2.75, 3.05) is 0 Å². The van der Waals surface area contributed by atoms with Gasteiger partial charge in [0, 0.05) is 11.5 Å². The van der Waals surface area contributed by atoms with E-state index in [0.717, 1.165) is 22.2 Å². The van der Waals surface area contributed by atoms with Gasteiger partial charge in [0.15, 0.2) is 0 Å². The lowest BCUT2D eigenvalue weighted by Crippen LogP contribution is -2.02. The van der Waals surface area contributed by atoms with Gasteiger partial charge in [-0.05, 0) is 32.1 Å². The van der Waals surface area contributed by atoms with Gasteiger partial charge >= 0.3 is 5.97 Å². The normalized spacial score (nSPS) is 11.2. The van der Waals surface area contributed by atoms with E-state index in [-0.39, 0.29) is 6.61 Å². The lowest BCUT2D eigenvalue weighted by molar-refractivity contribution is -0.138. The first-order valence-corrected chi connectivity index (χ1v) is 7.26. The van der Waals surface area contributed by atoms with E-state index < -0.39 is 5.97 Å². The Labute approximate surface area is 133 Å². The molecule has 1 aromatic carbocycles. The van der Waals surface area contributed by atoms with Gasteiger partial charge in [0.25, 0.3) is 0 Å². The van der Waals surface area contributed by atoms with Crippen LogP contribution in [0.3, 0.4) is 0 Å². The molecule has 116 valence electrons. The summed E-state index contributed by atoms with van der Waals surface area (Å²) in [7, 11) is 0. The van der Waals surface area contributed by atoms with Crippen molar-refractivity contribution in [2.24, 2.45) is 0 Å². The van der Waals surface area contributed by atoms with Crippen LogP contribution < -0.4 is 0 Å². The molecule has 0 aliphatic heterocycles. The van der Waals surface area contributed by atoms with E-state index in [0.29, 0.717) is 11.5 Å². The van der Waals surface area contributed by atoms with E-state index in [1.54, 1.807) is 13.0 Å². The second-order valence-electron chi connectivity index (χ2n) is 5.17. The minimum atomic E-state index is -0.431. The van der Waals surface area contributed by atoms with Crippen molar-refractivity contribution >= 4 is 22.9 Å². The summed E-state index contributed by atoms with van der Waals surface area (Å²) in [4.78, 5) is 16.3. The molecule has 3 aromatic rings. The van der Waals surface area contributed by atoms with E-state index in [1.807, 2.05) is 43.3 Å². The average molecular weight is 308 g/mol. The van der Waals surface area contributed by atoms with Crippen LogP contribution in [0.25, 0.3) is 17.0 Å². The van der Waals surface area contributed by atoms with Crippen molar-refractivity contribution in [1.82, 2.24) is 10.1 Å². The van der Waals surface area contributed by atoms with Crippen molar-refractivity contribution in [2.45, 2.75) is 20.5 Å². The highest BCUT2D eigenvalue weighted by atomic mass is 16.5. The number of ether oxygens (including phenoxy) is 1. The molecule has 3 rings (SSSR count). The molecule has 0 bridgehead atoms. The number of aryl methyl sites for hydroxylation is 2. The van der Waals surface area contributed by atoms with Crippen LogP contribution in [-0.4, -0.2) is 16.1 Å². The summed E-state index contributed by atoms with van der Waals surface area (Å²) in [5, 5.41) is 4.88. The molecule has 0 saturated carbocycles. The quantitative estimate of drug-likeness (QED) is 0.544. The smallest absolute Gasteiger partial charge is 0.331 e. The molecule has 0 fully saturated rings. The Morgan fingerprint density at radius 3 is 2.83 bits per heavy atom. The van der Waals surface area contributed by atoms with Crippen molar-refractivity contribution in [1.29, 1.82) is 0 Å². The maximum absolute atomic E-state index is 11.8. The molecule has 0 unspecified atom stereocenters. The lowest BCUT2D eigenvalue weighted by atomic mass is 10.2. The second-order valence-corrected chi connectivity index (χ2v) is 5.17. The zero-order valence-electron chi connectivity index (χ0n) is 12.9. The number of carbonyl (C=O) groups excluding carboxylic acids is 1. The third-order valence-electron chi connectivity index (χ3n) is 3.55. The van der Waals surface area contributed by atoms with Gasteiger partial charge in [0.05, 0.1) is 22.5 Å². The van der Waals surface area contributed by atoms with Crippen LogP contribution in [0.2, 0.25) is 0 Å². The SMILES string of the molecule is Cc1noc(C)c1COC(=O)C=Cc1ccc2ccccc2n1. The summed E-state index contributed by atoms with van der Waals surface area (Å²) in [6.07, 6.45) is 3.01. The predicted molar refractivity (Wildman–Crippen MR) is 86.6 cm³/mol. The molecule has 5 heteroatoms.